The molecule has 0 spiro atoms. The van der Waals surface area contributed by atoms with Gasteiger partial charge in [-0.25, -0.2) is 4.79 Å². The second-order valence-corrected chi connectivity index (χ2v) is 8.25. The molecule has 33 heavy (non-hydrogen) atoms. The van der Waals surface area contributed by atoms with E-state index < -0.39 is 17.8 Å². The standard InChI is InChI=1S/C21H22N6O5S/c1-3-31-20(30)15-11(2)32-19(16(15)17(22)29)24-14(28)10-33-21-26-25-18(27(21)13-6-7-13)12-5-4-8-23-9-12/h4-5,8-9,13H,3,6-7,10H2,1-2H3,(H2,22,29)(H,24,28). The van der Waals surface area contributed by atoms with Crippen LogP contribution < -0.4 is 11.1 Å². The minimum absolute atomic E-state index is 0.0232. The highest BCUT2D eigenvalue weighted by molar-refractivity contribution is 7.99. The van der Waals surface area contributed by atoms with E-state index in [0.29, 0.717) is 11.0 Å². The minimum Gasteiger partial charge on any atom is -0.462 e. The van der Waals surface area contributed by atoms with E-state index >= 15 is 0 Å². The Hall–Kier alpha value is -3.67. The Labute approximate surface area is 193 Å². The molecule has 0 aromatic carbocycles. The van der Waals surface area contributed by atoms with Gasteiger partial charge in [0.2, 0.25) is 11.8 Å². The van der Waals surface area contributed by atoms with E-state index in [1.54, 1.807) is 19.3 Å². The maximum Gasteiger partial charge on any atom is 0.342 e. The number of aryl methyl sites for hydroxylation is 1. The molecule has 0 aliphatic heterocycles. The number of primary amides is 1. The number of furan rings is 1. The highest BCUT2D eigenvalue weighted by atomic mass is 32.2. The van der Waals surface area contributed by atoms with Gasteiger partial charge in [0, 0.05) is 24.0 Å². The molecule has 0 unspecified atom stereocenters. The van der Waals surface area contributed by atoms with Gasteiger partial charge in [0.25, 0.3) is 5.91 Å². The molecule has 0 radical (unpaired) electrons. The lowest BCUT2D eigenvalue weighted by molar-refractivity contribution is -0.113. The number of nitrogens with zero attached hydrogens (tertiary/aromatic N) is 4. The predicted molar refractivity (Wildman–Crippen MR) is 119 cm³/mol. The van der Waals surface area contributed by atoms with Gasteiger partial charge in [-0.3, -0.25) is 24.5 Å². The molecule has 0 saturated heterocycles. The molecular formula is C21H22N6O5S. The van der Waals surface area contributed by atoms with Crippen molar-refractivity contribution in [2.75, 3.05) is 17.7 Å². The SMILES string of the molecule is CCOC(=O)c1c(C)oc(NC(=O)CSc2nnc(-c3cccnc3)n2C2CC2)c1C(N)=O. The molecule has 0 atom stereocenters. The number of ether oxygens (including phenoxy) is 1. The molecule has 0 bridgehead atoms. The highest BCUT2D eigenvalue weighted by Crippen LogP contribution is 2.41. The van der Waals surface area contributed by atoms with Crippen LogP contribution in [-0.4, -0.2) is 49.9 Å². The Kier molecular flexibility index (Phi) is 6.45. The Morgan fingerprint density at radius 1 is 1.30 bits per heavy atom. The second-order valence-electron chi connectivity index (χ2n) is 7.31. The maximum atomic E-state index is 12.6. The first-order valence-corrected chi connectivity index (χ1v) is 11.3. The molecule has 1 aliphatic carbocycles. The summed E-state index contributed by atoms with van der Waals surface area (Å²) in [5.41, 5.74) is 5.96. The first-order valence-electron chi connectivity index (χ1n) is 10.3. The summed E-state index contributed by atoms with van der Waals surface area (Å²) in [7, 11) is 0. The van der Waals surface area contributed by atoms with Crippen LogP contribution in [0.2, 0.25) is 0 Å². The van der Waals surface area contributed by atoms with E-state index in [4.69, 9.17) is 14.9 Å². The molecule has 4 rings (SSSR count). The van der Waals surface area contributed by atoms with Crippen molar-refractivity contribution in [3.8, 4) is 11.4 Å². The van der Waals surface area contributed by atoms with Gasteiger partial charge in [-0.2, -0.15) is 0 Å². The van der Waals surface area contributed by atoms with Crippen LogP contribution in [-0.2, 0) is 9.53 Å². The molecule has 12 heteroatoms. The molecule has 3 aromatic heterocycles. The molecule has 1 aliphatic rings. The Morgan fingerprint density at radius 3 is 2.73 bits per heavy atom. The van der Waals surface area contributed by atoms with Gasteiger partial charge >= 0.3 is 5.97 Å². The number of aromatic nitrogens is 4. The Balaban J connectivity index is 1.50. The average molecular weight is 471 g/mol. The van der Waals surface area contributed by atoms with Gasteiger partial charge in [0.05, 0.1) is 12.4 Å². The van der Waals surface area contributed by atoms with Crippen molar-refractivity contribution in [3.63, 3.8) is 0 Å². The molecule has 11 nitrogen and oxygen atoms in total. The van der Waals surface area contributed by atoms with Crippen LogP contribution in [0.5, 0.6) is 0 Å². The van der Waals surface area contributed by atoms with E-state index in [2.05, 4.69) is 20.5 Å². The monoisotopic (exact) mass is 470 g/mol. The highest BCUT2D eigenvalue weighted by Gasteiger charge is 2.31. The van der Waals surface area contributed by atoms with Gasteiger partial charge in [0.1, 0.15) is 16.9 Å². The fourth-order valence-corrected chi connectivity index (χ4v) is 4.14. The molecule has 3 heterocycles. The summed E-state index contributed by atoms with van der Waals surface area (Å²) in [6.07, 6.45) is 5.42. The normalized spacial score (nSPS) is 13.0. The van der Waals surface area contributed by atoms with Crippen molar-refractivity contribution in [2.24, 2.45) is 5.73 Å². The van der Waals surface area contributed by atoms with E-state index in [1.807, 2.05) is 16.7 Å². The van der Waals surface area contributed by atoms with E-state index in [-0.39, 0.29) is 41.2 Å². The molecular weight excluding hydrogens is 448 g/mol. The van der Waals surface area contributed by atoms with E-state index in [1.165, 1.54) is 18.7 Å². The summed E-state index contributed by atoms with van der Waals surface area (Å²) >= 11 is 1.21. The molecule has 1 saturated carbocycles. The maximum absolute atomic E-state index is 12.6. The minimum atomic E-state index is -0.910. The number of anilines is 1. The number of hydrogen-bond donors (Lipinski definition) is 2. The van der Waals surface area contributed by atoms with Gasteiger partial charge in [-0.1, -0.05) is 11.8 Å². The largest absolute Gasteiger partial charge is 0.462 e. The fourth-order valence-electron chi connectivity index (χ4n) is 3.34. The first kappa shape index (κ1) is 22.5. The lowest BCUT2D eigenvalue weighted by atomic mass is 10.1. The number of amides is 2. The van der Waals surface area contributed by atoms with Crippen LogP contribution in [0.4, 0.5) is 5.88 Å². The summed E-state index contributed by atoms with van der Waals surface area (Å²) in [6.45, 7) is 3.24. The number of carbonyl (C=O) groups is 3. The summed E-state index contributed by atoms with van der Waals surface area (Å²) < 4.78 is 12.4. The summed E-state index contributed by atoms with van der Waals surface area (Å²) in [6, 6.07) is 4.01. The van der Waals surface area contributed by atoms with E-state index in [9.17, 15) is 14.4 Å². The number of carbonyl (C=O) groups excluding carboxylic acids is 3. The third kappa shape index (κ3) is 4.75. The predicted octanol–water partition coefficient (Wildman–Crippen LogP) is 2.58. The third-order valence-electron chi connectivity index (χ3n) is 4.89. The number of hydrogen-bond acceptors (Lipinski definition) is 9. The van der Waals surface area contributed by atoms with Crippen LogP contribution >= 0.6 is 11.8 Å². The van der Waals surface area contributed by atoms with E-state index in [0.717, 1.165) is 18.4 Å². The zero-order valence-corrected chi connectivity index (χ0v) is 18.8. The van der Waals surface area contributed by atoms with Gasteiger partial charge in [0.15, 0.2) is 11.0 Å². The van der Waals surface area contributed by atoms with Crippen LogP contribution in [0.1, 0.15) is 52.3 Å². The number of nitrogens with one attached hydrogen (secondary N) is 1. The topological polar surface area (TPSA) is 155 Å². The van der Waals surface area contributed by atoms with Gasteiger partial charge in [-0.05, 0) is 38.8 Å². The molecule has 3 aromatic rings. The Bertz CT molecular complexity index is 1200. The van der Waals surface area contributed by atoms with Crippen LogP contribution in [0.3, 0.4) is 0 Å². The van der Waals surface area contributed by atoms with Crippen molar-refractivity contribution in [3.05, 3.63) is 41.4 Å². The number of nitrogens with two attached hydrogens (primary N) is 1. The number of thioether (sulfide) groups is 1. The number of esters is 1. The lowest BCUT2D eigenvalue weighted by Gasteiger charge is -2.08. The van der Waals surface area contributed by atoms with Crippen molar-refractivity contribution < 1.29 is 23.5 Å². The van der Waals surface area contributed by atoms with Crippen molar-refractivity contribution in [2.45, 2.75) is 37.9 Å². The van der Waals surface area contributed by atoms with Crippen molar-refractivity contribution in [1.82, 2.24) is 19.7 Å². The summed E-state index contributed by atoms with van der Waals surface area (Å²) in [5.74, 6) is -1.50. The summed E-state index contributed by atoms with van der Waals surface area (Å²) in [4.78, 5) is 40.9. The smallest absolute Gasteiger partial charge is 0.342 e. The zero-order chi connectivity index (χ0) is 23.5. The van der Waals surface area contributed by atoms with Crippen LogP contribution in [0.15, 0.2) is 34.1 Å². The van der Waals surface area contributed by atoms with Crippen molar-refractivity contribution in [1.29, 1.82) is 0 Å². The number of pyridine rings is 1. The molecule has 2 amide bonds. The van der Waals surface area contributed by atoms with Crippen molar-refractivity contribution >= 4 is 35.4 Å². The zero-order valence-electron chi connectivity index (χ0n) is 18.0. The van der Waals surface area contributed by atoms with Crippen LogP contribution in [0, 0.1) is 6.92 Å². The fraction of sp³-hybridized carbons (Fsp3) is 0.333. The van der Waals surface area contributed by atoms with Gasteiger partial charge in [-0.15, -0.1) is 10.2 Å². The Morgan fingerprint density at radius 2 is 2.09 bits per heavy atom. The first-order chi connectivity index (χ1) is 15.9. The third-order valence-corrected chi connectivity index (χ3v) is 5.83. The summed E-state index contributed by atoms with van der Waals surface area (Å²) in [5, 5.41) is 11.7. The second kappa shape index (κ2) is 9.45. The lowest BCUT2D eigenvalue weighted by Crippen LogP contribution is -2.21. The van der Waals surface area contributed by atoms with Gasteiger partial charge < -0.3 is 14.9 Å². The molecule has 1 fully saturated rings. The molecule has 3 N–H and O–H groups in total. The van der Waals surface area contributed by atoms with Crippen LogP contribution in [0.25, 0.3) is 11.4 Å². The average Bonchev–Trinajstić information content (AvgIpc) is 3.45. The quantitative estimate of drug-likeness (QED) is 0.354. The molecule has 172 valence electrons. The number of rotatable bonds is 9.